The van der Waals surface area contributed by atoms with Crippen molar-refractivity contribution < 1.29 is 14.1 Å². The van der Waals surface area contributed by atoms with Gasteiger partial charge in [-0.2, -0.15) is 0 Å². The van der Waals surface area contributed by atoms with Gasteiger partial charge in [0.05, 0.1) is 0 Å². The van der Waals surface area contributed by atoms with Gasteiger partial charge in [0.2, 0.25) is 0 Å². The molecule has 1 heterocycles. The molecule has 0 amide bonds. The second kappa shape index (κ2) is 6.37. The lowest BCUT2D eigenvalue weighted by molar-refractivity contribution is -0.687. The van der Waals surface area contributed by atoms with Gasteiger partial charge >= 0.3 is 0 Å². The molecule has 21 heavy (non-hydrogen) atoms. The van der Waals surface area contributed by atoms with Crippen LogP contribution in [-0.4, -0.2) is 0 Å². The minimum atomic E-state index is -0.235. The Bertz CT molecular complexity index is 689. The molecular formula is C18H17FNO+. The summed E-state index contributed by atoms with van der Waals surface area (Å²) in [6.45, 7) is 1.71. The number of rotatable bonds is 5. The van der Waals surface area contributed by atoms with Crippen LogP contribution in [0.15, 0.2) is 71.1 Å². The van der Waals surface area contributed by atoms with Crippen LogP contribution in [0.1, 0.15) is 11.3 Å². The predicted molar refractivity (Wildman–Crippen MR) is 79.9 cm³/mol. The van der Waals surface area contributed by atoms with Gasteiger partial charge in [0.15, 0.2) is 5.76 Å². The van der Waals surface area contributed by atoms with Crippen molar-refractivity contribution in [2.24, 2.45) is 0 Å². The molecule has 0 atom stereocenters. The van der Waals surface area contributed by atoms with Crippen molar-refractivity contribution in [2.75, 3.05) is 0 Å². The summed E-state index contributed by atoms with van der Waals surface area (Å²) in [6, 6.07) is 20.6. The summed E-state index contributed by atoms with van der Waals surface area (Å²) in [4.78, 5) is 0. The molecule has 0 fully saturated rings. The largest absolute Gasteiger partial charge is 0.455 e. The first-order chi connectivity index (χ1) is 10.3. The average molecular weight is 282 g/mol. The van der Waals surface area contributed by atoms with E-state index in [9.17, 15) is 4.39 Å². The summed E-state index contributed by atoms with van der Waals surface area (Å²) >= 11 is 0. The molecule has 3 heteroatoms. The third-order valence-electron chi connectivity index (χ3n) is 3.36. The number of halogens is 1. The number of hydrogen-bond donors (Lipinski definition) is 1. The molecule has 0 aliphatic carbocycles. The Morgan fingerprint density at radius 3 is 2.33 bits per heavy atom. The van der Waals surface area contributed by atoms with Crippen LogP contribution in [-0.2, 0) is 13.1 Å². The van der Waals surface area contributed by atoms with Crippen molar-refractivity contribution in [1.29, 1.82) is 0 Å². The van der Waals surface area contributed by atoms with Gasteiger partial charge < -0.3 is 9.73 Å². The Morgan fingerprint density at radius 2 is 1.57 bits per heavy atom. The molecule has 0 spiro atoms. The van der Waals surface area contributed by atoms with Crippen LogP contribution in [0.2, 0.25) is 0 Å². The second-order valence-corrected chi connectivity index (χ2v) is 4.96. The highest BCUT2D eigenvalue weighted by atomic mass is 19.1. The zero-order valence-corrected chi connectivity index (χ0v) is 11.6. The van der Waals surface area contributed by atoms with E-state index < -0.39 is 0 Å². The van der Waals surface area contributed by atoms with Gasteiger partial charge in [0, 0.05) is 11.1 Å². The van der Waals surface area contributed by atoms with Gasteiger partial charge in [0.1, 0.15) is 24.7 Å². The van der Waals surface area contributed by atoms with Crippen molar-refractivity contribution in [1.82, 2.24) is 0 Å². The molecule has 3 aromatic rings. The molecule has 0 unspecified atom stereocenters. The maximum atomic E-state index is 12.9. The summed E-state index contributed by atoms with van der Waals surface area (Å²) < 4.78 is 18.7. The van der Waals surface area contributed by atoms with Crippen LogP contribution in [0.25, 0.3) is 11.3 Å². The molecule has 0 saturated heterocycles. The van der Waals surface area contributed by atoms with Crippen molar-refractivity contribution in [2.45, 2.75) is 13.1 Å². The highest BCUT2D eigenvalue weighted by Gasteiger charge is 2.06. The standard InChI is InChI=1S/C18H16FNO/c19-16-8-6-15(7-9-16)18-11-10-17(21-18)13-20-12-14-4-2-1-3-5-14/h1-11,20H,12-13H2/p+1. The van der Waals surface area contributed by atoms with Crippen LogP contribution in [0.3, 0.4) is 0 Å². The molecule has 2 N–H and O–H groups in total. The Labute approximate surface area is 123 Å². The first-order valence-corrected chi connectivity index (χ1v) is 7.01. The topological polar surface area (TPSA) is 29.8 Å². The lowest BCUT2D eigenvalue weighted by atomic mass is 10.2. The van der Waals surface area contributed by atoms with E-state index in [4.69, 9.17) is 4.42 Å². The maximum Gasteiger partial charge on any atom is 0.158 e. The van der Waals surface area contributed by atoms with Crippen molar-refractivity contribution in [3.63, 3.8) is 0 Å². The Balaban J connectivity index is 1.59. The summed E-state index contributed by atoms with van der Waals surface area (Å²) in [5.41, 5.74) is 2.19. The number of nitrogens with two attached hydrogens (primary N) is 1. The molecule has 2 aromatic carbocycles. The number of benzene rings is 2. The molecule has 106 valence electrons. The summed E-state index contributed by atoms with van der Waals surface area (Å²) in [7, 11) is 0. The molecule has 0 bridgehead atoms. The predicted octanol–water partition coefficient (Wildman–Crippen LogP) is 3.35. The first kappa shape index (κ1) is 13.6. The molecule has 2 nitrogen and oxygen atoms in total. The van der Waals surface area contributed by atoms with E-state index >= 15 is 0 Å². The maximum absolute atomic E-state index is 12.9. The molecule has 0 aliphatic rings. The van der Waals surface area contributed by atoms with Crippen LogP contribution in [0.5, 0.6) is 0 Å². The van der Waals surface area contributed by atoms with E-state index in [0.29, 0.717) is 0 Å². The summed E-state index contributed by atoms with van der Waals surface area (Å²) in [5.74, 6) is 1.46. The lowest BCUT2D eigenvalue weighted by Gasteiger charge is -2.00. The van der Waals surface area contributed by atoms with E-state index in [1.807, 2.05) is 30.3 Å². The minimum absolute atomic E-state index is 0.235. The van der Waals surface area contributed by atoms with E-state index in [0.717, 1.165) is 30.2 Å². The van der Waals surface area contributed by atoms with E-state index in [2.05, 4.69) is 17.4 Å². The Hall–Kier alpha value is -2.39. The van der Waals surface area contributed by atoms with Crippen LogP contribution < -0.4 is 5.32 Å². The third kappa shape index (κ3) is 3.58. The quantitative estimate of drug-likeness (QED) is 0.764. The Morgan fingerprint density at radius 1 is 0.810 bits per heavy atom. The fourth-order valence-electron chi connectivity index (χ4n) is 2.25. The average Bonchev–Trinajstić information content (AvgIpc) is 2.98. The summed E-state index contributed by atoms with van der Waals surface area (Å²) in [5, 5.41) is 2.20. The highest BCUT2D eigenvalue weighted by Crippen LogP contribution is 2.21. The molecule has 0 aliphatic heterocycles. The lowest BCUT2D eigenvalue weighted by Crippen LogP contribution is -2.80. The second-order valence-electron chi connectivity index (χ2n) is 4.96. The smallest absolute Gasteiger partial charge is 0.158 e. The van der Waals surface area contributed by atoms with Gasteiger partial charge in [-0.05, 0) is 36.4 Å². The van der Waals surface area contributed by atoms with Crippen molar-refractivity contribution >= 4 is 0 Å². The third-order valence-corrected chi connectivity index (χ3v) is 3.36. The minimum Gasteiger partial charge on any atom is -0.455 e. The number of hydrogen-bond acceptors (Lipinski definition) is 1. The normalized spacial score (nSPS) is 10.7. The summed E-state index contributed by atoms with van der Waals surface area (Å²) in [6.07, 6.45) is 0. The fourth-order valence-corrected chi connectivity index (χ4v) is 2.25. The van der Waals surface area contributed by atoms with Gasteiger partial charge in [-0.1, -0.05) is 30.3 Å². The van der Waals surface area contributed by atoms with E-state index in [1.54, 1.807) is 12.1 Å². The first-order valence-electron chi connectivity index (χ1n) is 7.01. The molecular weight excluding hydrogens is 265 g/mol. The monoisotopic (exact) mass is 282 g/mol. The van der Waals surface area contributed by atoms with Crippen molar-refractivity contribution in [3.05, 3.63) is 83.9 Å². The zero-order chi connectivity index (χ0) is 14.5. The van der Waals surface area contributed by atoms with Crippen LogP contribution in [0.4, 0.5) is 4.39 Å². The zero-order valence-electron chi connectivity index (χ0n) is 11.6. The molecule has 1 aromatic heterocycles. The Kier molecular flexibility index (Phi) is 4.12. The van der Waals surface area contributed by atoms with Crippen LogP contribution in [0, 0.1) is 5.82 Å². The molecule has 0 radical (unpaired) electrons. The highest BCUT2D eigenvalue weighted by molar-refractivity contribution is 5.57. The van der Waals surface area contributed by atoms with Crippen LogP contribution >= 0.6 is 0 Å². The van der Waals surface area contributed by atoms with Gasteiger partial charge in [-0.15, -0.1) is 0 Å². The van der Waals surface area contributed by atoms with Gasteiger partial charge in [0.25, 0.3) is 0 Å². The number of quaternary nitrogens is 1. The van der Waals surface area contributed by atoms with E-state index in [1.165, 1.54) is 17.7 Å². The van der Waals surface area contributed by atoms with E-state index in [-0.39, 0.29) is 5.82 Å². The van der Waals surface area contributed by atoms with Crippen molar-refractivity contribution in [3.8, 4) is 11.3 Å². The number of furan rings is 1. The van der Waals surface area contributed by atoms with Gasteiger partial charge in [-0.25, -0.2) is 4.39 Å². The fraction of sp³-hybridized carbons (Fsp3) is 0.111. The SMILES string of the molecule is Fc1ccc(-c2ccc(C[NH2+]Cc3ccccc3)o2)cc1. The molecule has 0 saturated carbocycles. The van der Waals surface area contributed by atoms with Gasteiger partial charge in [-0.3, -0.25) is 0 Å². The molecule has 3 rings (SSSR count).